The van der Waals surface area contributed by atoms with E-state index in [1.54, 1.807) is 18.6 Å². The Bertz CT molecular complexity index is 1030. The first kappa shape index (κ1) is 15.8. The van der Waals surface area contributed by atoms with Gasteiger partial charge in [0.2, 0.25) is 0 Å². The van der Waals surface area contributed by atoms with Crippen molar-refractivity contribution in [3.8, 4) is 0 Å². The van der Waals surface area contributed by atoms with E-state index in [1.807, 2.05) is 42.5 Å². The third kappa shape index (κ3) is 3.23. The fraction of sp³-hybridized carbons (Fsp3) is 0.0526. The van der Waals surface area contributed by atoms with E-state index in [1.165, 1.54) is 6.33 Å². The van der Waals surface area contributed by atoms with Crippen molar-refractivity contribution in [1.29, 1.82) is 0 Å². The number of nitrogens with zero attached hydrogens (tertiary/aromatic N) is 4. The van der Waals surface area contributed by atoms with E-state index >= 15 is 0 Å². The van der Waals surface area contributed by atoms with Gasteiger partial charge in [-0.15, -0.1) is 0 Å². The molecule has 0 bridgehead atoms. The molecule has 4 N–H and O–H groups in total. The van der Waals surface area contributed by atoms with Gasteiger partial charge < -0.3 is 16.4 Å². The lowest BCUT2D eigenvalue weighted by atomic mass is 10.2. The second-order valence-corrected chi connectivity index (χ2v) is 5.71. The molecule has 7 heteroatoms. The lowest BCUT2D eigenvalue weighted by Gasteiger charge is -2.13. The fourth-order valence-electron chi connectivity index (χ4n) is 2.66. The van der Waals surface area contributed by atoms with Crippen LogP contribution < -0.4 is 16.4 Å². The highest BCUT2D eigenvalue weighted by Crippen LogP contribution is 2.29. The van der Waals surface area contributed by atoms with Crippen molar-refractivity contribution in [3.63, 3.8) is 0 Å². The van der Waals surface area contributed by atoms with Crippen LogP contribution in [0.2, 0.25) is 0 Å². The Labute approximate surface area is 150 Å². The summed E-state index contributed by atoms with van der Waals surface area (Å²) in [5.74, 6) is 1.10. The first-order valence-corrected chi connectivity index (χ1v) is 8.15. The van der Waals surface area contributed by atoms with Crippen LogP contribution in [-0.4, -0.2) is 19.9 Å². The van der Waals surface area contributed by atoms with Gasteiger partial charge in [-0.3, -0.25) is 9.97 Å². The van der Waals surface area contributed by atoms with Crippen LogP contribution in [0.3, 0.4) is 0 Å². The van der Waals surface area contributed by atoms with Crippen molar-refractivity contribution >= 4 is 33.9 Å². The summed E-state index contributed by atoms with van der Waals surface area (Å²) in [4.78, 5) is 17.0. The SMILES string of the molecule is Nc1c(NCc2cccnc2)ncnc1Nc1cccc2cccnc12. The molecule has 1 aromatic carbocycles. The monoisotopic (exact) mass is 343 g/mol. The van der Waals surface area contributed by atoms with Gasteiger partial charge >= 0.3 is 0 Å². The summed E-state index contributed by atoms with van der Waals surface area (Å²) in [6.45, 7) is 0.574. The lowest BCUT2D eigenvalue weighted by Crippen LogP contribution is -2.08. The number of anilines is 4. The highest BCUT2D eigenvalue weighted by molar-refractivity contribution is 5.93. The Morgan fingerprint density at radius 1 is 0.885 bits per heavy atom. The van der Waals surface area contributed by atoms with Crippen LogP contribution in [0.4, 0.5) is 23.0 Å². The molecule has 0 aliphatic heterocycles. The van der Waals surface area contributed by atoms with Gasteiger partial charge in [-0.2, -0.15) is 0 Å². The standard InChI is InChI=1S/C19H17N7/c20-16-18(23-11-13-4-2-8-21-10-13)24-12-25-19(16)26-15-7-1-5-14-6-3-9-22-17(14)15/h1-10,12H,11,20H2,(H2,23,24,25,26). The molecular formula is C19H17N7. The van der Waals surface area contributed by atoms with Crippen molar-refractivity contribution in [3.05, 3.63) is 72.9 Å². The number of para-hydroxylation sites is 1. The fourth-order valence-corrected chi connectivity index (χ4v) is 2.66. The Morgan fingerprint density at radius 2 is 1.73 bits per heavy atom. The maximum Gasteiger partial charge on any atom is 0.159 e. The zero-order valence-corrected chi connectivity index (χ0v) is 13.9. The molecule has 26 heavy (non-hydrogen) atoms. The van der Waals surface area contributed by atoms with Gasteiger partial charge in [0.25, 0.3) is 0 Å². The minimum absolute atomic E-state index is 0.448. The average molecular weight is 343 g/mol. The molecule has 0 saturated carbocycles. The molecule has 0 spiro atoms. The number of hydrogen-bond acceptors (Lipinski definition) is 7. The molecule has 0 saturated heterocycles. The number of fused-ring (bicyclic) bond motifs is 1. The second kappa shape index (κ2) is 7.02. The van der Waals surface area contributed by atoms with Gasteiger partial charge in [0.15, 0.2) is 11.6 Å². The molecule has 0 aliphatic rings. The van der Waals surface area contributed by atoms with Crippen molar-refractivity contribution in [1.82, 2.24) is 19.9 Å². The first-order valence-electron chi connectivity index (χ1n) is 8.15. The van der Waals surface area contributed by atoms with Crippen LogP contribution in [0.1, 0.15) is 5.56 Å². The van der Waals surface area contributed by atoms with Gasteiger partial charge in [0.05, 0.1) is 11.2 Å². The quantitative estimate of drug-likeness (QED) is 0.510. The molecule has 4 aromatic rings. The number of aromatic nitrogens is 4. The number of hydrogen-bond donors (Lipinski definition) is 3. The van der Waals surface area contributed by atoms with Crippen LogP contribution in [0.15, 0.2) is 67.4 Å². The average Bonchev–Trinajstić information content (AvgIpc) is 2.70. The number of benzene rings is 1. The number of rotatable bonds is 5. The summed E-state index contributed by atoms with van der Waals surface area (Å²) in [6, 6.07) is 13.7. The minimum atomic E-state index is 0.448. The number of nitrogens with one attached hydrogen (secondary N) is 2. The maximum atomic E-state index is 6.25. The smallest absolute Gasteiger partial charge is 0.159 e. The van der Waals surface area contributed by atoms with Gasteiger partial charge in [-0.1, -0.05) is 24.3 Å². The Hall–Kier alpha value is -3.74. The molecular weight excluding hydrogens is 326 g/mol. The van der Waals surface area contributed by atoms with Gasteiger partial charge in [0, 0.05) is 30.5 Å². The van der Waals surface area contributed by atoms with E-state index in [0.717, 1.165) is 22.2 Å². The van der Waals surface area contributed by atoms with Gasteiger partial charge in [-0.05, 0) is 23.8 Å². The van der Waals surface area contributed by atoms with Crippen LogP contribution in [0.25, 0.3) is 10.9 Å². The van der Waals surface area contributed by atoms with Gasteiger partial charge in [0.1, 0.15) is 12.0 Å². The van der Waals surface area contributed by atoms with E-state index in [2.05, 4.69) is 30.6 Å². The zero-order chi connectivity index (χ0) is 17.8. The molecule has 128 valence electrons. The first-order chi connectivity index (χ1) is 12.8. The topological polar surface area (TPSA) is 102 Å². The summed E-state index contributed by atoms with van der Waals surface area (Å²) in [6.07, 6.45) is 6.77. The Kier molecular flexibility index (Phi) is 4.26. The lowest BCUT2D eigenvalue weighted by molar-refractivity contribution is 1.07. The minimum Gasteiger partial charge on any atom is -0.393 e. The van der Waals surface area contributed by atoms with Crippen LogP contribution in [-0.2, 0) is 6.54 Å². The van der Waals surface area contributed by atoms with Crippen molar-refractivity contribution < 1.29 is 0 Å². The van der Waals surface area contributed by atoms with E-state index in [-0.39, 0.29) is 0 Å². The summed E-state index contributed by atoms with van der Waals surface area (Å²) in [7, 11) is 0. The maximum absolute atomic E-state index is 6.25. The molecule has 0 atom stereocenters. The Morgan fingerprint density at radius 3 is 2.62 bits per heavy atom. The van der Waals surface area contributed by atoms with E-state index < -0.39 is 0 Å². The zero-order valence-electron chi connectivity index (χ0n) is 13.9. The highest BCUT2D eigenvalue weighted by Gasteiger charge is 2.10. The van der Waals surface area contributed by atoms with E-state index in [9.17, 15) is 0 Å². The predicted octanol–water partition coefficient (Wildman–Crippen LogP) is 3.36. The van der Waals surface area contributed by atoms with Crippen molar-refractivity contribution in [2.45, 2.75) is 6.54 Å². The molecule has 0 unspecified atom stereocenters. The van der Waals surface area contributed by atoms with Crippen LogP contribution >= 0.6 is 0 Å². The number of nitrogens with two attached hydrogens (primary N) is 1. The third-order valence-corrected chi connectivity index (χ3v) is 3.95. The molecule has 3 heterocycles. The summed E-state index contributed by atoms with van der Waals surface area (Å²) in [5, 5.41) is 7.53. The molecule has 0 radical (unpaired) electrons. The van der Waals surface area contributed by atoms with Crippen molar-refractivity contribution in [2.75, 3.05) is 16.4 Å². The van der Waals surface area contributed by atoms with Crippen LogP contribution in [0.5, 0.6) is 0 Å². The molecule has 7 nitrogen and oxygen atoms in total. The molecule has 0 fully saturated rings. The third-order valence-electron chi connectivity index (χ3n) is 3.95. The molecule has 0 aliphatic carbocycles. The predicted molar refractivity (Wildman–Crippen MR) is 103 cm³/mol. The second-order valence-electron chi connectivity index (χ2n) is 5.71. The van der Waals surface area contributed by atoms with E-state index in [0.29, 0.717) is 23.9 Å². The highest BCUT2D eigenvalue weighted by atomic mass is 15.1. The summed E-state index contributed by atoms with van der Waals surface area (Å²) in [5.41, 5.74) is 9.44. The largest absolute Gasteiger partial charge is 0.393 e. The number of nitrogen functional groups attached to an aromatic ring is 1. The molecule has 0 amide bonds. The van der Waals surface area contributed by atoms with E-state index in [4.69, 9.17) is 5.73 Å². The number of pyridine rings is 2. The van der Waals surface area contributed by atoms with Crippen LogP contribution in [0, 0.1) is 0 Å². The summed E-state index contributed by atoms with van der Waals surface area (Å²) >= 11 is 0. The Balaban J connectivity index is 1.59. The van der Waals surface area contributed by atoms with Gasteiger partial charge in [-0.25, -0.2) is 9.97 Å². The summed E-state index contributed by atoms with van der Waals surface area (Å²) < 4.78 is 0. The normalized spacial score (nSPS) is 10.6. The van der Waals surface area contributed by atoms with Crippen molar-refractivity contribution in [2.24, 2.45) is 0 Å². The molecule has 3 aromatic heterocycles. The molecule has 4 rings (SSSR count).